The first-order valence-electron chi connectivity index (χ1n) is 0.565. The summed E-state index contributed by atoms with van der Waals surface area (Å²) in [5.74, 6) is 0. The number of nitrogens with zero attached hydrogens (tertiary/aromatic N) is 1. The van der Waals surface area contributed by atoms with E-state index in [9.17, 15) is 0 Å². The van der Waals surface area contributed by atoms with Crippen molar-refractivity contribution in [2.45, 2.75) is 0 Å². The molecule has 0 aliphatic heterocycles. The zero-order chi connectivity index (χ0) is 3.58. The molecule has 0 fully saturated rings. The van der Waals surface area contributed by atoms with E-state index in [1.807, 2.05) is 0 Å². The van der Waals surface area contributed by atoms with Gasteiger partial charge in [0.15, 0.2) is 0 Å². The second kappa shape index (κ2) is 83.8. The van der Waals surface area contributed by atoms with E-state index in [1.165, 1.54) is 0 Å². The van der Waals surface area contributed by atoms with Crippen molar-refractivity contribution in [2.24, 2.45) is 0 Å². The van der Waals surface area contributed by atoms with E-state index in [0.29, 0.717) is 0 Å². The van der Waals surface area contributed by atoms with Crippen LogP contribution in [0.15, 0.2) is 0 Å². The van der Waals surface area contributed by atoms with Gasteiger partial charge in [-0.3, -0.25) is 0 Å². The van der Waals surface area contributed by atoms with Crippen LogP contribution in [0.5, 0.6) is 0 Å². The third kappa shape index (κ3) is 14300. The van der Waals surface area contributed by atoms with Crippen molar-refractivity contribution < 1.29 is 46.0 Å². The third-order valence-corrected chi connectivity index (χ3v) is 0. The summed E-state index contributed by atoms with van der Waals surface area (Å²) in [5, 5.41) is 13.6. The molecule has 0 aromatic rings. The Labute approximate surface area is 93.7 Å². The van der Waals surface area contributed by atoms with E-state index in [2.05, 4.69) is 0 Å². The predicted octanol–water partition coefficient (Wildman–Crippen LogP) is -5.45. The van der Waals surface area contributed by atoms with Crippen molar-refractivity contribution in [3.05, 3.63) is 10.1 Å². The van der Waals surface area contributed by atoms with Crippen molar-refractivity contribution in [3.8, 4) is 0 Å². The maximum Gasteiger partial charge on any atom is 2.00 e. The van der Waals surface area contributed by atoms with Crippen LogP contribution >= 0.6 is 0 Å². The minimum atomic E-state index is -1.50. The van der Waals surface area contributed by atoms with E-state index in [0.717, 1.165) is 0 Å². The van der Waals surface area contributed by atoms with Crippen molar-refractivity contribution in [2.75, 3.05) is 0 Å². The summed E-state index contributed by atoms with van der Waals surface area (Å²) in [6.45, 7) is 0. The standard InChI is InChI=1S/Ca.HNO3.6H2O.2H/c;2-1(3)4;;;;;;;;/h;(H,2,3,4);6*1H2;;/q+2;;;;;;;;2*-1. The fraction of sp³-hybridized carbons (Fsp3) is 0. The van der Waals surface area contributed by atoms with Gasteiger partial charge in [-0.1, -0.05) is 0 Å². The van der Waals surface area contributed by atoms with Gasteiger partial charge in [-0.05, 0) is 0 Å². The van der Waals surface area contributed by atoms with Crippen LogP contribution in [0.25, 0.3) is 0 Å². The van der Waals surface area contributed by atoms with Crippen LogP contribution in [-0.4, -0.2) is 80.9 Å². The van der Waals surface area contributed by atoms with Crippen LogP contribution in [-0.2, 0) is 0 Å². The van der Waals surface area contributed by atoms with Crippen LogP contribution in [0.4, 0.5) is 0 Å². The molecule has 10 nitrogen and oxygen atoms in total. The van der Waals surface area contributed by atoms with Crippen molar-refractivity contribution in [1.29, 1.82) is 0 Å². The van der Waals surface area contributed by atoms with E-state index in [1.54, 1.807) is 0 Å². The molecular weight excluding hydrogens is 198 g/mol. The summed E-state index contributed by atoms with van der Waals surface area (Å²) >= 11 is 0. The van der Waals surface area contributed by atoms with E-state index < -0.39 is 5.09 Å². The minimum absolute atomic E-state index is 0. The van der Waals surface area contributed by atoms with Crippen molar-refractivity contribution in [1.82, 2.24) is 0 Å². The Balaban J connectivity index is -0.00000000125. The Kier molecular flexibility index (Phi) is 861. The minimum Gasteiger partial charge on any atom is -1.00 e. The molecule has 0 aliphatic carbocycles. The second-order valence-corrected chi connectivity index (χ2v) is 0.238. The first kappa shape index (κ1) is 113. The van der Waals surface area contributed by atoms with Gasteiger partial charge in [-0.25, -0.2) is 0 Å². The zero-order valence-electron chi connectivity index (χ0n) is 7.42. The van der Waals surface area contributed by atoms with Gasteiger partial charge in [0.2, 0.25) is 0 Å². The Bertz CT molecular complexity index is 40.6. The Morgan fingerprint density at radius 3 is 1.00 bits per heavy atom. The fourth-order valence-corrected chi connectivity index (χ4v) is 0. The molecule has 0 aromatic carbocycles. The van der Waals surface area contributed by atoms with Crippen molar-refractivity contribution >= 4 is 37.7 Å². The van der Waals surface area contributed by atoms with E-state index in [-0.39, 0.29) is 73.4 Å². The van der Waals surface area contributed by atoms with Gasteiger partial charge in [0.25, 0.3) is 5.09 Å². The Morgan fingerprint density at radius 2 is 1.00 bits per heavy atom. The zero-order valence-corrected chi connectivity index (χ0v) is 7.63. The molecule has 0 aliphatic rings. The summed E-state index contributed by atoms with van der Waals surface area (Å²) in [6, 6.07) is 0. The van der Waals surface area contributed by atoms with Gasteiger partial charge in [0.05, 0.1) is 0 Å². The molecule has 0 radical (unpaired) electrons. The Morgan fingerprint density at radius 1 is 1.00 bits per heavy atom. The van der Waals surface area contributed by atoms with Gasteiger partial charge in [-0.2, -0.15) is 0 Å². The predicted molar refractivity (Wildman–Crippen MR) is 38.4 cm³/mol. The molecule has 0 aromatic heterocycles. The van der Waals surface area contributed by atoms with Crippen molar-refractivity contribution in [3.63, 3.8) is 0 Å². The molecule has 0 amide bonds. The summed E-state index contributed by atoms with van der Waals surface area (Å²) < 4.78 is 0. The second-order valence-electron chi connectivity index (χ2n) is 0.238. The fourth-order valence-electron chi connectivity index (χ4n) is 0. The average molecular weight is 213 g/mol. The molecule has 13 N–H and O–H groups in total. The molecule has 0 saturated carbocycles. The summed E-state index contributed by atoms with van der Waals surface area (Å²) in [7, 11) is 0. The van der Waals surface area contributed by atoms with Gasteiger partial charge in [0, 0.05) is 0 Å². The number of rotatable bonds is 0. The quantitative estimate of drug-likeness (QED) is 0.234. The smallest absolute Gasteiger partial charge is 1.00 e. The van der Waals surface area contributed by atoms with Crippen LogP contribution in [0.3, 0.4) is 0 Å². The first-order valence-corrected chi connectivity index (χ1v) is 0.565. The molecule has 11 heteroatoms. The molecule has 0 spiro atoms. The molecule has 0 bridgehead atoms. The van der Waals surface area contributed by atoms with E-state index in [4.69, 9.17) is 15.3 Å². The Hall–Kier alpha value is 0.220. The van der Waals surface area contributed by atoms with Crippen LogP contribution < -0.4 is 0 Å². The van der Waals surface area contributed by atoms with Crippen LogP contribution in [0.2, 0.25) is 0 Å². The maximum absolute atomic E-state index is 8.36. The third-order valence-electron chi connectivity index (χ3n) is 0. The van der Waals surface area contributed by atoms with E-state index >= 15 is 0 Å². The maximum atomic E-state index is 8.36. The van der Waals surface area contributed by atoms with Crippen LogP contribution in [0.1, 0.15) is 2.85 Å². The summed E-state index contributed by atoms with van der Waals surface area (Å²) in [5.41, 5.74) is 0. The van der Waals surface area contributed by atoms with Gasteiger partial charge >= 0.3 is 37.7 Å². The molecule has 0 rings (SSSR count). The van der Waals surface area contributed by atoms with Gasteiger partial charge in [0.1, 0.15) is 0 Å². The summed E-state index contributed by atoms with van der Waals surface area (Å²) in [4.78, 5) is 8.36. The molecule has 0 unspecified atom stereocenters. The first-order chi connectivity index (χ1) is 1.73. The average Bonchev–Trinajstić information content (AvgIpc) is 0.811. The number of hydrogen-bond donors (Lipinski definition) is 1. The number of hydrogen-bond acceptors (Lipinski definition) is 2. The normalized spacial score (nSPS) is 2.18. The molecule has 11 heavy (non-hydrogen) atoms. The van der Waals surface area contributed by atoms with Crippen LogP contribution in [0, 0.1) is 10.1 Å². The molecule has 0 heterocycles. The molecule has 0 saturated heterocycles. The monoisotopic (exact) mass is 213 g/mol. The molecular formula is H15CaNO9. The van der Waals surface area contributed by atoms with Gasteiger partial charge < -0.3 is 40.9 Å². The largest absolute Gasteiger partial charge is 2.00 e. The SMILES string of the molecule is O.O.O.O.O.O.O=[N+]([O-])O.[Ca+2].[H-].[H-]. The molecule has 0 atom stereocenters. The molecule has 76 valence electrons. The van der Waals surface area contributed by atoms with Gasteiger partial charge in [-0.15, -0.1) is 10.1 Å². The summed E-state index contributed by atoms with van der Waals surface area (Å²) in [6.07, 6.45) is 0. The topological polar surface area (TPSA) is 252 Å².